The largest absolute Gasteiger partial charge is 0.341 e. The van der Waals surface area contributed by atoms with Crippen molar-refractivity contribution >= 4 is 16.9 Å². The van der Waals surface area contributed by atoms with E-state index in [0.29, 0.717) is 5.69 Å². The molecule has 0 aliphatic rings. The molecule has 1 aromatic carbocycles. The van der Waals surface area contributed by atoms with E-state index in [0.717, 1.165) is 16.9 Å². The number of hydrogen-bond acceptors (Lipinski definition) is 3. The Morgan fingerprint density at radius 1 is 1.23 bits per heavy atom. The Bertz CT molecular complexity index is 769. The fourth-order valence-corrected chi connectivity index (χ4v) is 2.42. The molecular formula is C16H19N5O. The van der Waals surface area contributed by atoms with E-state index >= 15 is 0 Å². The molecule has 3 aromatic rings. The van der Waals surface area contributed by atoms with Gasteiger partial charge in [0, 0.05) is 12.2 Å². The number of hydrogen-bond donors (Lipinski definition) is 2. The highest BCUT2D eigenvalue weighted by Gasteiger charge is 2.18. The van der Waals surface area contributed by atoms with Gasteiger partial charge in [-0.2, -0.15) is 5.10 Å². The van der Waals surface area contributed by atoms with Crippen molar-refractivity contribution in [3.8, 4) is 0 Å². The highest BCUT2D eigenvalue weighted by Crippen LogP contribution is 2.16. The SMILES string of the molecule is CC(C)n1nccc1C(=O)N[C@@H](C)c1nc2ccccc2[nH]1. The van der Waals surface area contributed by atoms with Gasteiger partial charge in [-0.25, -0.2) is 4.98 Å². The number of aromatic amines is 1. The number of fused-ring (bicyclic) bond motifs is 1. The van der Waals surface area contributed by atoms with Gasteiger partial charge in [0.1, 0.15) is 11.5 Å². The Labute approximate surface area is 128 Å². The van der Waals surface area contributed by atoms with Crippen molar-refractivity contribution in [1.82, 2.24) is 25.1 Å². The number of benzene rings is 1. The van der Waals surface area contributed by atoms with E-state index in [2.05, 4.69) is 20.4 Å². The number of amides is 1. The first-order chi connectivity index (χ1) is 10.6. The normalized spacial score (nSPS) is 12.7. The van der Waals surface area contributed by atoms with Crippen molar-refractivity contribution in [2.75, 3.05) is 0 Å². The van der Waals surface area contributed by atoms with Crippen molar-refractivity contribution in [3.05, 3.63) is 48.0 Å². The summed E-state index contributed by atoms with van der Waals surface area (Å²) in [6.07, 6.45) is 1.64. The molecule has 0 fully saturated rings. The van der Waals surface area contributed by atoms with E-state index in [9.17, 15) is 4.79 Å². The first-order valence-corrected chi connectivity index (χ1v) is 7.35. The van der Waals surface area contributed by atoms with Gasteiger partial charge >= 0.3 is 0 Å². The Morgan fingerprint density at radius 2 is 2.00 bits per heavy atom. The molecule has 0 spiro atoms. The third-order valence-corrected chi connectivity index (χ3v) is 3.56. The predicted octanol–water partition coefficient (Wildman–Crippen LogP) is 2.83. The molecule has 6 heteroatoms. The highest BCUT2D eigenvalue weighted by atomic mass is 16.2. The molecule has 0 aliphatic carbocycles. The molecule has 1 amide bonds. The lowest BCUT2D eigenvalue weighted by atomic mass is 10.3. The zero-order chi connectivity index (χ0) is 15.7. The number of rotatable bonds is 4. The van der Waals surface area contributed by atoms with Gasteiger partial charge in [-0.3, -0.25) is 9.48 Å². The van der Waals surface area contributed by atoms with Gasteiger partial charge in [-0.1, -0.05) is 12.1 Å². The number of carbonyl (C=O) groups excluding carboxylic acids is 1. The molecule has 0 saturated carbocycles. The van der Waals surface area contributed by atoms with E-state index < -0.39 is 0 Å². The fraction of sp³-hybridized carbons (Fsp3) is 0.312. The number of nitrogens with one attached hydrogen (secondary N) is 2. The zero-order valence-corrected chi connectivity index (χ0v) is 12.9. The third-order valence-electron chi connectivity index (χ3n) is 3.56. The number of para-hydroxylation sites is 2. The van der Waals surface area contributed by atoms with Crippen LogP contribution < -0.4 is 5.32 Å². The minimum absolute atomic E-state index is 0.136. The van der Waals surface area contributed by atoms with Gasteiger partial charge in [-0.05, 0) is 39.0 Å². The average molecular weight is 297 g/mol. The molecule has 0 saturated heterocycles. The number of carbonyl (C=O) groups is 1. The molecular weight excluding hydrogens is 278 g/mol. The molecule has 3 rings (SSSR count). The maximum Gasteiger partial charge on any atom is 0.270 e. The minimum atomic E-state index is -0.213. The van der Waals surface area contributed by atoms with E-state index in [1.165, 1.54) is 0 Å². The van der Waals surface area contributed by atoms with Crippen LogP contribution in [0.15, 0.2) is 36.5 Å². The van der Waals surface area contributed by atoms with Crippen LogP contribution in [-0.4, -0.2) is 25.7 Å². The summed E-state index contributed by atoms with van der Waals surface area (Å²) < 4.78 is 1.71. The summed E-state index contributed by atoms with van der Waals surface area (Å²) in [5.41, 5.74) is 2.41. The number of H-pyrrole nitrogens is 1. The molecule has 2 heterocycles. The maximum absolute atomic E-state index is 12.4. The fourth-order valence-electron chi connectivity index (χ4n) is 2.42. The third kappa shape index (κ3) is 2.59. The molecule has 22 heavy (non-hydrogen) atoms. The van der Waals surface area contributed by atoms with Crippen molar-refractivity contribution < 1.29 is 4.79 Å². The Morgan fingerprint density at radius 3 is 2.73 bits per heavy atom. The van der Waals surface area contributed by atoms with Crippen LogP contribution in [0.2, 0.25) is 0 Å². The quantitative estimate of drug-likeness (QED) is 0.777. The van der Waals surface area contributed by atoms with E-state index in [1.807, 2.05) is 45.0 Å². The molecule has 1 atom stereocenters. The van der Waals surface area contributed by atoms with Crippen LogP contribution in [0.25, 0.3) is 11.0 Å². The summed E-state index contributed by atoms with van der Waals surface area (Å²) in [5.74, 6) is 0.587. The van der Waals surface area contributed by atoms with Gasteiger partial charge in [0.15, 0.2) is 0 Å². The topological polar surface area (TPSA) is 75.6 Å². The van der Waals surface area contributed by atoms with E-state index in [4.69, 9.17) is 0 Å². The summed E-state index contributed by atoms with van der Waals surface area (Å²) in [4.78, 5) is 20.2. The van der Waals surface area contributed by atoms with Gasteiger partial charge in [0.25, 0.3) is 5.91 Å². The van der Waals surface area contributed by atoms with Crippen molar-refractivity contribution in [1.29, 1.82) is 0 Å². The molecule has 2 aromatic heterocycles. The second-order valence-electron chi connectivity index (χ2n) is 5.59. The first-order valence-electron chi connectivity index (χ1n) is 7.35. The molecule has 114 valence electrons. The monoisotopic (exact) mass is 297 g/mol. The van der Waals surface area contributed by atoms with Crippen LogP contribution in [0.5, 0.6) is 0 Å². The Balaban J connectivity index is 1.79. The van der Waals surface area contributed by atoms with Crippen molar-refractivity contribution in [3.63, 3.8) is 0 Å². The van der Waals surface area contributed by atoms with E-state index in [1.54, 1.807) is 16.9 Å². The summed E-state index contributed by atoms with van der Waals surface area (Å²) >= 11 is 0. The number of aromatic nitrogens is 4. The summed E-state index contributed by atoms with van der Waals surface area (Å²) in [6, 6.07) is 9.45. The molecule has 0 bridgehead atoms. The van der Waals surface area contributed by atoms with Crippen molar-refractivity contribution in [2.24, 2.45) is 0 Å². The Kier molecular flexibility index (Phi) is 3.66. The van der Waals surface area contributed by atoms with Gasteiger partial charge in [0.05, 0.1) is 17.1 Å². The first kappa shape index (κ1) is 14.3. The van der Waals surface area contributed by atoms with Crippen LogP contribution in [0.1, 0.15) is 49.2 Å². The summed E-state index contributed by atoms with van der Waals surface area (Å²) in [6.45, 7) is 5.89. The summed E-state index contributed by atoms with van der Waals surface area (Å²) in [7, 11) is 0. The van der Waals surface area contributed by atoms with Crippen LogP contribution >= 0.6 is 0 Å². The predicted molar refractivity (Wildman–Crippen MR) is 84.6 cm³/mol. The maximum atomic E-state index is 12.4. The summed E-state index contributed by atoms with van der Waals surface area (Å²) in [5, 5.41) is 7.15. The lowest BCUT2D eigenvalue weighted by Gasteiger charge is -2.14. The highest BCUT2D eigenvalue weighted by molar-refractivity contribution is 5.92. The zero-order valence-electron chi connectivity index (χ0n) is 12.9. The lowest BCUT2D eigenvalue weighted by molar-refractivity contribution is 0.0925. The van der Waals surface area contributed by atoms with Crippen molar-refractivity contribution in [2.45, 2.75) is 32.9 Å². The van der Waals surface area contributed by atoms with Crippen LogP contribution in [0.3, 0.4) is 0 Å². The second-order valence-corrected chi connectivity index (χ2v) is 5.59. The molecule has 2 N–H and O–H groups in total. The number of imidazole rings is 1. The molecule has 0 radical (unpaired) electrons. The molecule has 0 aliphatic heterocycles. The van der Waals surface area contributed by atoms with Crippen LogP contribution in [0.4, 0.5) is 0 Å². The minimum Gasteiger partial charge on any atom is -0.341 e. The van der Waals surface area contributed by atoms with E-state index in [-0.39, 0.29) is 18.0 Å². The van der Waals surface area contributed by atoms with Gasteiger partial charge in [-0.15, -0.1) is 0 Å². The lowest BCUT2D eigenvalue weighted by Crippen LogP contribution is -2.29. The van der Waals surface area contributed by atoms with Crippen LogP contribution in [0, 0.1) is 0 Å². The molecule has 6 nitrogen and oxygen atoms in total. The van der Waals surface area contributed by atoms with Gasteiger partial charge < -0.3 is 10.3 Å². The molecule has 0 unspecified atom stereocenters. The second kappa shape index (κ2) is 5.63. The van der Waals surface area contributed by atoms with Crippen LogP contribution in [-0.2, 0) is 0 Å². The number of nitrogens with zero attached hydrogens (tertiary/aromatic N) is 3. The average Bonchev–Trinajstić information content (AvgIpc) is 3.13. The van der Waals surface area contributed by atoms with Gasteiger partial charge in [0.2, 0.25) is 0 Å². The standard InChI is InChI=1S/C16H19N5O/c1-10(2)21-14(8-9-17-21)16(22)18-11(3)15-19-12-6-4-5-7-13(12)20-15/h4-11H,1-3H3,(H,18,22)(H,19,20)/t11-/m0/s1. The smallest absolute Gasteiger partial charge is 0.270 e. The Hall–Kier alpha value is -2.63.